The van der Waals surface area contributed by atoms with Crippen LogP contribution in [0, 0.1) is 0 Å². The fourth-order valence-electron chi connectivity index (χ4n) is 2.60. The summed E-state index contributed by atoms with van der Waals surface area (Å²) in [7, 11) is -2.29. The molecule has 0 spiro atoms. The summed E-state index contributed by atoms with van der Waals surface area (Å²) in [4.78, 5) is 0.193. The summed E-state index contributed by atoms with van der Waals surface area (Å²) >= 11 is 12.2. The number of nitrogens with zero attached hydrogens (tertiary/aromatic N) is 1. The van der Waals surface area contributed by atoms with Crippen LogP contribution in [0.25, 0.3) is 0 Å². The third-order valence-corrected chi connectivity index (χ3v) is 6.38. The fraction of sp³-hybridized carbons (Fsp3) is 0.100. The van der Waals surface area contributed by atoms with E-state index >= 15 is 0 Å². The lowest BCUT2D eigenvalue weighted by atomic mass is 10.2. The van der Waals surface area contributed by atoms with Gasteiger partial charge in [-0.15, -0.1) is 0 Å². The van der Waals surface area contributed by atoms with E-state index in [1.807, 2.05) is 0 Å². The highest BCUT2D eigenvalue weighted by Crippen LogP contribution is 2.31. The van der Waals surface area contributed by atoms with Crippen molar-refractivity contribution in [2.75, 3.05) is 11.4 Å². The second kappa shape index (κ2) is 8.21. The molecule has 27 heavy (non-hydrogen) atoms. The third-order valence-electron chi connectivity index (χ3n) is 4.00. The second-order valence-corrected chi connectivity index (χ2v) is 8.47. The topological polar surface area (TPSA) is 46.6 Å². The number of hydrogen-bond acceptors (Lipinski definition) is 3. The Kier molecular flexibility index (Phi) is 5.95. The average Bonchev–Trinajstić information content (AvgIpc) is 2.68. The molecule has 0 unspecified atom stereocenters. The zero-order chi connectivity index (χ0) is 19.4. The summed E-state index contributed by atoms with van der Waals surface area (Å²) in [6.45, 7) is 0.0559. The summed E-state index contributed by atoms with van der Waals surface area (Å²) in [6.07, 6.45) is 0. The minimum Gasteiger partial charge on any atom is -0.497 e. The molecule has 0 heterocycles. The van der Waals surface area contributed by atoms with E-state index in [4.69, 9.17) is 27.9 Å². The molecule has 4 nitrogen and oxygen atoms in total. The van der Waals surface area contributed by atoms with Gasteiger partial charge in [0.1, 0.15) is 5.75 Å². The van der Waals surface area contributed by atoms with Gasteiger partial charge in [-0.05, 0) is 42.0 Å². The lowest BCUT2D eigenvalue weighted by Crippen LogP contribution is -2.30. The van der Waals surface area contributed by atoms with Crippen molar-refractivity contribution in [2.24, 2.45) is 0 Å². The van der Waals surface area contributed by atoms with Crippen molar-refractivity contribution in [1.29, 1.82) is 0 Å². The zero-order valence-electron chi connectivity index (χ0n) is 14.5. The number of halogens is 2. The van der Waals surface area contributed by atoms with Gasteiger partial charge in [0.15, 0.2) is 0 Å². The molecule has 0 aromatic heterocycles. The number of hydrogen-bond donors (Lipinski definition) is 0. The van der Waals surface area contributed by atoms with E-state index in [1.165, 1.54) is 11.4 Å². The van der Waals surface area contributed by atoms with Crippen LogP contribution in [0.2, 0.25) is 10.0 Å². The van der Waals surface area contributed by atoms with Crippen LogP contribution in [-0.2, 0) is 16.6 Å². The van der Waals surface area contributed by atoms with Gasteiger partial charge in [-0.3, -0.25) is 4.31 Å². The SMILES string of the molecule is COc1cccc(N(Cc2ccc(Cl)cc2Cl)S(=O)(=O)c2ccccc2)c1. The van der Waals surface area contributed by atoms with Gasteiger partial charge in [0, 0.05) is 16.1 Å². The average molecular weight is 422 g/mol. The minimum atomic E-state index is -3.82. The first-order valence-corrected chi connectivity index (χ1v) is 10.3. The molecule has 0 aliphatic rings. The molecule has 0 aliphatic carbocycles. The first-order valence-electron chi connectivity index (χ1n) is 8.07. The van der Waals surface area contributed by atoms with Crippen LogP contribution >= 0.6 is 23.2 Å². The number of anilines is 1. The maximum absolute atomic E-state index is 13.3. The van der Waals surface area contributed by atoms with Crippen molar-refractivity contribution in [2.45, 2.75) is 11.4 Å². The molecule has 0 atom stereocenters. The summed E-state index contributed by atoms with van der Waals surface area (Å²) in [6, 6.07) is 20.1. The molecule has 0 aliphatic heterocycles. The molecule has 3 rings (SSSR count). The van der Waals surface area contributed by atoms with E-state index in [0.717, 1.165) is 0 Å². The molecule has 0 saturated carbocycles. The van der Waals surface area contributed by atoms with Crippen LogP contribution in [0.5, 0.6) is 5.75 Å². The molecule has 0 saturated heterocycles. The monoisotopic (exact) mass is 421 g/mol. The van der Waals surface area contributed by atoms with Gasteiger partial charge < -0.3 is 4.74 Å². The van der Waals surface area contributed by atoms with Crippen LogP contribution < -0.4 is 9.04 Å². The van der Waals surface area contributed by atoms with E-state index in [9.17, 15) is 8.42 Å². The standard InChI is InChI=1S/C20H17Cl2NO3S/c1-26-18-7-5-6-17(13-18)23(14-15-10-11-16(21)12-20(15)22)27(24,25)19-8-3-2-4-9-19/h2-13H,14H2,1H3. The van der Waals surface area contributed by atoms with Crippen LogP contribution in [0.15, 0.2) is 77.7 Å². The Morgan fingerprint density at radius 1 is 0.926 bits per heavy atom. The Balaban J connectivity index is 2.11. The van der Waals surface area contributed by atoms with Crippen LogP contribution in [0.3, 0.4) is 0 Å². The van der Waals surface area contributed by atoms with Crippen molar-refractivity contribution in [1.82, 2.24) is 0 Å². The Morgan fingerprint density at radius 2 is 1.67 bits per heavy atom. The Hall–Kier alpha value is -2.21. The van der Waals surface area contributed by atoms with Crippen LogP contribution in [0.1, 0.15) is 5.56 Å². The molecular formula is C20H17Cl2NO3S. The quantitative estimate of drug-likeness (QED) is 0.535. The number of methoxy groups -OCH3 is 1. The predicted octanol–water partition coefficient (Wildman–Crippen LogP) is 5.40. The van der Waals surface area contributed by atoms with Crippen molar-refractivity contribution in [3.05, 3.63) is 88.4 Å². The summed E-state index contributed by atoms with van der Waals surface area (Å²) in [5.41, 5.74) is 1.12. The van der Waals surface area contributed by atoms with Crippen LogP contribution in [0.4, 0.5) is 5.69 Å². The van der Waals surface area contributed by atoms with Gasteiger partial charge >= 0.3 is 0 Å². The first-order chi connectivity index (χ1) is 12.9. The maximum atomic E-state index is 13.3. The minimum absolute atomic E-state index is 0.0559. The Morgan fingerprint density at radius 3 is 2.33 bits per heavy atom. The number of sulfonamides is 1. The van der Waals surface area contributed by atoms with Gasteiger partial charge in [0.05, 0.1) is 24.2 Å². The summed E-state index contributed by atoms with van der Waals surface area (Å²) in [5.74, 6) is 0.558. The van der Waals surface area contributed by atoms with Crippen molar-refractivity contribution < 1.29 is 13.2 Å². The fourth-order valence-corrected chi connectivity index (χ4v) is 4.53. The molecule has 0 bridgehead atoms. The second-order valence-electron chi connectivity index (χ2n) is 5.76. The number of rotatable bonds is 6. The van der Waals surface area contributed by atoms with Gasteiger partial charge in [-0.1, -0.05) is 53.5 Å². The predicted molar refractivity (Wildman–Crippen MR) is 109 cm³/mol. The molecule has 3 aromatic rings. The largest absolute Gasteiger partial charge is 0.497 e. The number of benzene rings is 3. The zero-order valence-corrected chi connectivity index (χ0v) is 16.8. The maximum Gasteiger partial charge on any atom is 0.264 e. The third kappa shape index (κ3) is 4.38. The highest BCUT2D eigenvalue weighted by Gasteiger charge is 2.26. The lowest BCUT2D eigenvalue weighted by molar-refractivity contribution is 0.415. The normalized spacial score (nSPS) is 11.2. The van der Waals surface area contributed by atoms with E-state index < -0.39 is 10.0 Å². The van der Waals surface area contributed by atoms with Crippen molar-refractivity contribution in [3.63, 3.8) is 0 Å². The van der Waals surface area contributed by atoms with E-state index in [0.29, 0.717) is 27.0 Å². The lowest BCUT2D eigenvalue weighted by Gasteiger charge is -2.25. The van der Waals surface area contributed by atoms with Gasteiger partial charge in [0.25, 0.3) is 10.0 Å². The molecule has 0 fully saturated rings. The highest BCUT2D eigenvalue weighted by atomic mass is 35.5. The van der Waals surface area contributed by atoms with Crippen molar-refractivity contribution >= 4 is 38.9 Å². The van der Waals surface area contributed by atoms with E-state index in [2.05, 4.69) is 0 Å². The highest BCUT2D eigenvalue weighted by molar-refractivity contribution is 7.92. The molecular weight excluding hydrogens is 405 g/mol. The molecule has 7 heteroatoms. The molecule has 0 amide bonds. The van der Waals surface area contributed by atoms with Crippen molar-refractivity contribution in [3.8, 4) is 5.75 Å². The van der Waals surface area contributed by atoms with E-state index in [1.54, 1.807) is 72.8 Å². The first kappa shape index (κ1) is 19.5. The van der Waals surface area contributed by atoms with E-state index in [-0.39, 0.29) is 11.4 Å². The summed E-state index contributed by atoms with van der Waals surface area (Å²) in [5, 5.41) is 0.890. The Bertz CT molecular complexity index is 1040. The van der Waals surface area contributed by atoms with Gasteiger partial charge in [-0.25, -0.2) is 8.42 Å². The smallest absolute Gasteiger partial charge is 0.264 e. The van der Waals surface area contributed by atoms with Gasteiger partial charge in [0.2, 0.25) is 0 Å². The summed E-state index contributed by atoms with van der Waals surface area (Å²) < 4.78 is 33.2. The number of ether oxygens (including phenoxy) is 1. The molecule has 0 N–H and O–H groups in total. The van der Waals surface area contributed by atoms with Crippen LogP contribution in [-0.4, -0.2) is 15.5 Å². The van der Waals surface area contributed by atoms with Gasteiger partial charge in [-0.2, -0.15) is 0 Å². The molecule has 140 valence electrons. The Labute approximate surface area is 169 Å². The molecule has 0 radical (unpaired) electrons. The molecule has 3 aromatic carbocycles.